The molecule has 3 aromatic rings. The second-order valence-corrected chi connectivity index (χ2v) is 5.47. The maximum atomic E-state index is 13.2. The van der Waals surface area contributed by atoms with E-state index in [-0.39, 0.29) is 11.7 Å². The first kappa shape index (κ1) is 16.6. The Kier molecular flexibility index (Phi) is 4.47. The van der Waals surface area contributed by atoms with E-state index in [4.69, 9.17) is 4.74 Å². The number of hydrogen-bond acceptors (Lipinski definition) is 3. The second kappa shape index (κ2) is 6.72. The number of ether oxygens (including phenoxy) is 1. The number of nitrogens with one attached hydrogen (secondary N) is 2. The topological polar surface area (TPSA) is 67.0 Å². The van der Waals surface area contributed by atoms with Crippen molar-refractivity contribution in [2.24, 2.45) is 0 Å². The highest BCUT2D eigenvalue weighted by Gasteiger charge is 2.12. The average molecular weight is 343 g/mol. The van der Waals surface area contributed by atoms with Crippen LogP contribution in [0.25, 0.3) is 0 Å². The van der Waals surface area contributed by atoms with Crippen LogP contribution < -0.4 is 10.1 Å². The highest BCUT2D eigenvalue weighted by Crippen LogP contribution is 2.24. The number of aryl methyl sites for hydroxylation is 2. The Labute approximate surface area is 142 Å². The maximum Gasteiger partial charge on any atom is 0.255 e. The van der Waals surface area contributed by atoms with Crippen molar-refractivity contribution in [3.05, 3.63) is 71.1 Å². The molecule has 0 unspecified atom stereocenters. The molecule has 1 aromatic heterocycles. The molecule has 1 amide bonds. The summed E-state index contributed by atoms with van der Waals surface area (Å²) in [5.74, 6) is -1.64. The lowest BCUT2D eigenvalue weighted by Gasteiger charge is -2.08. The van der Waals surface area contributed by atoms with Crippen molar-refractivity contribution in [1.29, 1.82) is 0 Å². The highest BCUT2D eigenvalue weighted by molar-refractivity contribution is 6.04. The van der Waals surface area contributed by atoms with Gasteiger partial charge in [0.25, 0.3) is 5.91 Å². The van der Waals surface area contributed by atoms with Gasteiger partial charge in [0.05, 0.1) is 17.1 Å². The van der Waals surface area contributed by atoms with Crippen LogP contribution in [0.4, 0.5) is 14.5 Å². The van der Waals surface area contributed by atoms with Crippen LogP contribution in [0.15, 0.2) is 42.5 Å². The zero-order chi connectivity index (χ0) is 18.0. The summed E-state index contributed by atoms with van der Waals surface area (Å²) in [6.07, 6.45) is 0. The lowest BCUT2D eigenvalue weighted by atomic mass is 10.2. The van der Waals surface area contributed by atoms with Crippen molar-refractivity contribution in [2.75, 3.05) is 5.32 Å². The van der Waals surface area contributed by atoms with Crippen LogP contribution in [0.5, 0.6) is 11.5 Å². The maximum absolute atomic E-state index is 13.2. The number of rotatable bonds is 4. The van der Waals surface area contributed by atoms with E-state index in [0.717, 1.165) is 17.8 Å². The number of anilines is 1. The van der Waals surface area contributed by atoms with Gasteiger partial charge in [-0.1, -0.05) is 0 Å². The largest absolute Gasteiger partial charge is 0.457 e. The molecule has 2 aromatic carbocycles. The number of aromatic amines is 1. The fourth-order valence-electron chi connectivity index (χ4n) is 2.27. The second-order valence-electron chi connectivity index (χ2n) is 5.47. The molecule has 0 atom stereocenters. The van der Waals surface area contributed by atoms with Gasteiger partial charge in [0.2, 0.25) is 0 Å². The van der Waals surface area contributed by atoms with Crippen LogP contribution >= 0.6 is 0 Å². The van der Waals surface area contributed by atoms with E-state index >= 15 is 0 Å². The van der Waals surface area contributed by atoms with Gasteiger partial charge >= 0.3 is 0 Å². The third kappa shape index (κ3) is 3.65. The summed E-state index contributed by atoms with van der Waals surface area (Å²) in [5, 5.41) is 9.61. The van der Waals surface area contributed by atoms with Crippen LogP contribution in [0.3, 0.4) is 0 Å². The Balaban J connectivity index is 1.71. The third-order valence-electron chi connectivity index (χ3n) is 3.61. The number of aromatic nitrogens is 2. The lowest BCUT2D eigenvalue weighted by molar-refractivity contribution is 0.102. The molecule has 2 N–H and O–H groups in total. The Morgan fingerprint density at radius 3 is 2.32 bits per heavy atom. The Hall–Kier alpha value is -3.22. The van der Waals surface area contributed by atoms with E-state index in [1.807, 2.05) is 6.92 Å². The number of hydrogen-bond donors (Lipinski definition) is 2. The molecule has 0 fully saturated rings. The molecule has 0 radical (unpaired) electrons. The van der Waals surface area contributed by atoms with Gasteiger partial charge in [-0.15, -0.1) is 0 Å². The van der Waals surface area contributed by atoms with Gasteiger partial charge in [-0.05, 0) is 50.2 Å². The summed E-state index contributed by atoms with van der Waals surface area (Å²) < 4.78 is 31.5. The predicted molar refractivity (Wildman–Crippen MR) is 88.9 cm³/mol. The highest BCUT2D eigenvalue weighted by atomic mass is 19.2. The minimum absolute atomic E-state index is 0.167. The Morgan fingerprint density at radius 2 is 1.72 bits per heavy atom. The molecule has 7 heteroatoms. The zero-order valence-corrected chi connectivity index (χ0v) is 13.6. The van der Waals surface area contributed by atoms with E-state index in [1.54, 1.807) is 31.2 Å². The number of benzene rings is 2. The van der Waals surface area contributed by atoms with Crippen LogP contribution in [0.2, 0.25) is 0 Å². The molecule has 0 saturated carbocycles. The van der Waals surface area contributed by atoms with Crippen molar-refractivity contribution in [3.8, 4) is 11.5 Å². The molecule has 3 rings (SSSR count). The van der Waals surface area contributed by atoms with E-state index in [0.29, 0.717) is 22.7 Å². The molecular weight excluding hydrogens is 328 g/mol. The molecule has 0 saturated heterocycles. The number of carbonyl (C=O) groups is 1. The quantitative estimate of drug-likeness (QED) is 0.740. The van der Waals surface area contributed by atoms with Gasteiger partial charge in [0.1, 0.15) is 11.5 Å². The van der Waals surface area contributed by atoms with Crippen LogP contribution in [0.1, 0.15) is 21.7 Å². The lowest BCUT2D eigenvalue weighted by Crippen LogP contribution is -2.12. The van der Waals surface area contributed by atoms with Gasteiger partial charge in [-0.25, -0.2) is 8.78 Å². The van der Waals surface area contributed by atoms with Crippen molar-refractivity contribution in [3.63, 3.8) is 0 Å². The molecule has 5 nitrogen and oxygen atoms in total. The molecule has 0 aliphatic carbocycles. The number of amides is 1. The molecule has 0 bridgehead atoms. The summed E-state index contributed by atoms with van der Waals surface area (Å²) in [6.45, 7) is 3.60. The van der Waals surface area contributed by atoms with E-state index in [1.165, 1.54) is 6.07 Å². The monoisotopic (exact) mass is 343 g/mol. The van der Waals surface area contributed by atoms with Gasteiger partial charge in [0, 0.05) is 11.6 Å². The van der Waals surface area contributed by atoms with Crippen LogP contribution in [-0.2, 0) is 0 Å². The first-order valence-corrected chi connectivity index (χ1v) is 7.50. The summed E-state index contributed by atoms with van der Waals surface area (Å²) in [7, 11) is 0. The SMILES string of the molecule is Cc1n[nH]c(C)c1NC(=O)c1ccc(Oc2ccc(F)c(F)c2)cc1. The predicted octanol–water partition coefficient (Wildman–Crippen LogP) is 4.35. The first-order valence-electron chi connectivity index (χ1n) is 7.50. The smallest absolute Gasteiger partial charge is 0.255 e. The van der Waals surface area contributed by atoms with Gasteiger partial charge in [0.15, 0.2) is 11.6 Å². The number of H-pyrrole nitrogens is 1. The molecular formula is C18H15F2N3O2. The fourth-order valence-corrected chi connectivity index (χ4v) is 2.27. The van der Waals surface area contributed by atoms with Gasteiger partial charge in [-0.3, -0.25) is 9.89 Å². The van der Waals surface area contributed by atoms with E-state index < -0.39 is 11.6 Å². The van der Waals surface area contributed by atoms with Crippen LogP contribution in [0, 0.1) is 25.5 Å². The fraction of sp³-hybridized carbons (Fsp3) is 0.111. The molecule has 0 spiro atoms. The molecule has 128 valence electrons. The normalized spacial score (nSPS) is 10.6. The van der Waals surface area contributed by atoms with E-state index in [2.05, 4.69) is 15.5 Å². The Morgan fingerprint density at radius 1 is 1.04 bits per heavy atom. The average Bonchev–Trinajstić information content (AvgIpc) is 2.91. The Bertz CT molecular complexity index is 901. The number of nitrogens with zero attached hydrogens (tertiary/aromatic N) is 1. The molecule has 1 heterocycles. The van der Waals surface area contributed by atoms with Crippen molar-refractivity contribution >= 4 is 11.6 Å². The van der Waals surface area contributed by atoms with E-state index in [9.17, 15) is 13.6 Å². The van der Waals surface area contributed by atoms with Crippen molar-refractivity contribution < 1.29 is 18.3 Å². The van der Waals surface area contributed by atoms with Gasteiger partial charge < -0.3 is 10.1 Å². The summed E-state index contributed by atoms with van der Waals surface area (Å²) in [4.78, 5) is 12.3. The standard InChI is InChI=1S/C18H15F2N3O2/c1-10-17(11(2)23-22-10)21-18(24)12-3-5-13(6-4-12)25-14-7-8-15(19)16(20)9-14/h3-9H,1-2H3,(H,21,24)(H,22,23). The minimum Gasteiger partial charge on any atom is -0.457 e. The van der Waals surface area contributed by atoms with Gasteiger partial charge in [-0.2, -0.15) is 5.10 Å². The minimum atomic E-state index is -0.987. The summed E-state index contributed by atoms with van der Waals surface area (Å²) >= 11 is 0. The third-order valence-corrected chi connectivity index (χ3v) is 3.61. The van der Waals surface area contributed by atoms with Crippen LogP contribution in [-0.4, -0.2) is 16.1 Å². The number of halogens is 2. The first-order chi connectivity index (χ1) is 11.9. The zero-order valence-electron chi connectivity index (χ0n) is 13.6. The summed E-state index contributed by atoms with van der Waals surface area (Å²) in [5.41, 5.74) is 2.54. The molecule has 0 aliphatic rings. The molecule has 0 aliphatic heterocycles. The van der Waals surface area contributed by atoms with Crippen molar-refractivity contribution in [1.82, 2.24) is 10.2 Å². The molecule has 25 heavy (non-hydrogen) atoms. The summed E-state index contributed by atoms with van der Waals surface area (Å²) in [6, 6.07) is 9.58. The van der Waals surface area contributed by atoms with Crippen molar-refractivity contribution in [2.45, 2.75) is 13.8 Å². The number of carbonyl (C=O) groups excluding carboxylic acids is 1.